The van der Waals surface area contributed by atoms with Gasteiger partial charge in [-0.25, -0.2) is 8.91 Å². The van der Waals surface area contributed by atoms with Crippen molar-refractivity contribution in [3.63, 3.8) is 0 Å². The molecule has 0 aliphatic rings. The summed E-state index contributed by atoms with van der Waals surface area (Å²) in [6.07, 6.45) is 1.86. The molecule has 2 aromatic heterocycles. The zero-order chi connectivity index (χ0) is 30.3. The van der Waals surface area contributed by atoms with Gasteiger partial charge in [0.05, 0.1) is 12.8 Å². The third kappa shape index (κ3) is 6.96. The number of amides is 2. The molecule has 5 aromatic rings. The molecule has 220 valence electrons. The Balaban J connectivity index is 1.26. The Morgan fingerprint density at radius 2 is 1.67 bits per heavy atom. The number of hydrogen-bond acceptors (Lipinski definition) is 7. The molecule has 0 fully saturated rings. The first-order valence-electron chi connectivity index (χ1n) is 13.7. The number of nitrogens with zero attached hydrogens (tertiary/aromatic N) is 4. The van der Waals surface area contributed by atoms with Crippen LogP contribution in [0.15, 0.2) is 85.1 Å². The predicted octanol–water partition coefficient (Wildman–Crippen LogP) is 4.51. The molecule has 0 aliphatic carbocycles. The van der Waals surface area contributed by atoms with Gasteiger partial charge in [-0.3, -0.25) is 9.59 Å². The Bertz CT molecular complexity index is 1740. The summed E-state index contributed by atoms with van der Waals surface area (Å²) in [7, 11) is 5.15. The Kier molecular flexibility index (Phi) is 8.92. The summed E-state index contributed by atoms with van der Waals surface area (Å²) < 4.78 is 20.3. The van der Waals surface area contributed by atoms with Gasteiger partial charge in [0.15, 0.2) is 5.65 Å². The molecule has 0 bridgehead atoms. The van der Waals surface area contributed by atoms with Crippen molar-refractivity contribution in [2.75, 3.05) is 39.6 Å². The second-order valence-corrected chi connectivity index (χ2v) is 9.91. The monoisotopic (exact) mass is 581 g/mol. The van der Waals surface area contributed by atoms with Gasteiger partial charge >= 0.3 is 0 Å². The molecule has 0 saturated heterocycles. The van der Waals surface area contributed by atoms with E-state index in [0.29, 0.717) is 53.8 Å². The van der Waals surface area contributed by atoms with Crippen molar-refractivity contribution < 1.29 is 18.7 Å². The third-order valence-electron chi connectivity index (χ3n) is 6.92. The second kappa shape index (κ2) is 13.1. The van der Waals surface area contributed by atoms with E-state index in [1.54, 1.807) is 66.0 Å². The number of ether oxygens (including phenoxy) is 1. The zero-order valence-corrected chi connectivity index (χ0v) is 24.1. The van der Waals surface area contributed by atoms with Crippen LogP contribution in [0.1, 0.15) is 26.3 Å². The van der Waals surface area contributed by atoms with Gasteiger partial charge in [-0.1, -0.05) is 24.3 Å². The number of fused-ring (bicyclic) bond motifs is 1. The number of likely N-dealkylation sites (N-methyl/N-ethyl adjacent to an activating group) is 2. The maximum atomic E-state index is 13.1. The number of rotatable bonds is 11. The summed E-state index contributed by atoms with van der Waals surface area (Å²) in [5, 5.41) is 13.6. The number of carbonyl (C=O) groups excluding carboxylic acids is 2. The fourth-order valence-corrected chi connectivity index (χ4v) is 4.46. The van der Waals surface area contributed by atoms with Crippen LogP contribution in [0.4, 0.5) is 16.0 Å². The number of pyridine rings is 1. The van der Waals surface area contributed by atoms with Gasteiger partial charge in [0, 0.05) is 49.6 Å². The van der Waals surface area contributed by atoms with Crippen molar-refractivity contribution in [1.82, 2.24) is 30.1 Å². The molecule has 2 heterocycles. The second-order valence-electron chi connectivity index (χ2n) is 9.91. The van der Waals surface area contributed by atoms with Gasteiger partial charge in [-0.2, -0.15) is 4.98 Å². The number of hydrogen-bond donors (Lipinski definition) is 3. The number of anilines is 2. The number of nitrogens with one attached hydrogen (secondary N) is 3. The molecule has 2 amide bonds. The molecule has 3 aromatic carbocycles. The van der Waals surface area contributed by atoms with Gasteiger partial charge in [0.2, 0.25) is 5.95 Å². The summed E-state index contributed by atoms with van der Waals surface area (Å²) in [5.41, 5.74) is 4.92. The maximum absolute atomic E-state index is 13.1. The molecule has 10 nitrogen and oxygen atoms in total. The van der Waals surface area contributed by atoms with Crippen molar-refractivity contribution >= 4 is 29.1 Å². The first-order valence-corrected chi connectivity index (χ1v) is 13.7. The molecule has 3 N–H and O–H groups in total. The molecule has 0 radical (unpaired) electrons. The average Bonchev–Trinajstić information content (AvgIpc) is 3.44. The van der Waals surface area contributed by atoms with E-state index in [9.17, 15) is 14.0 Å². The third-order valence-corrected chi connectivity index (χ3v) is 6.92. The van der Waals surface area contributed by atoms with Crippen LogP contribution in [0.3, 0.4) is 0 Å². The van der Waals surface area contributed by atoms with Crippen LogP contribution in [0.2, 0.25) is 0 Å². The quantitative estimate of drug-likeness (QED) is 0.210. The Morgan fingerprint density at radius 3 is 2.40 bits per heavy atom. The fraction of sp³-hybridized carbons (Fsp3) is 0.188. The molecule has 43 heavy (non-hydrogen) atoms. The lowest BCUT2D eigenvalue weighted by atomic mass is 10.1. The number of carbonyl (C=O) groups is 2. The van der Waals surface area contributed by atoms with Crippen LogP contribution in [0.25, 0.3) is 16.8 Å². The Labute approximate surface area is 248 Å². The lowest BCUT2D eigenvalue weighted by Gasteiger charge is -2.18. The molecule has 0 aliphatic heterocycles. The van der Waals surface area contributed by atoms with E-state index in [0.717, 1.165) is 16.7 Å². The molecule has 11 heteroatoms. The molecule has 5 rings (SSSR count). The van der Waals surface area contributed by atoms with E-state index in [1.807, 2.05) is 37.5 Å². The summed E-state index contributed by atoms with van der Waals surface area (Å²) in [4.78, 5) is 31.5. The van der Waals surface area contributed by atoms with Crippen molar-refractivity contribution in [3.8, 4) is 16.9 Å². The van der Waals surface area contributed by atoms with Crippen molar-refractivity contribution in [3.05, 3.63) is 108 Å². The van der Waals surface area contributed by atoms with Crippen LogP contribution < -0.4 is 20.7 Å². The van der Waals surface area contributed by atoms with E-state index in [4.69, 9.17) is 4.74 Å². The van der Waals surface area contributed by atoms with Crippen molar-refractivity contribution in [1.29, 1.82) is 0 Å². The Hall–Kier alpha value is -5.29. The van der Waals surface area contributed by atoms with Gasteiger partial charge in [-0.05, 0) is 72.8 Å². The summed E-state index contributed by atoms with van der Waals surface area (Å²) in [6, 6.07) is 22.3. The summed E-state index contributed by atoms with van der Waals surface area (Å²) in [5.74, 6) is 0.234. The minimum Gasteiger partial charge on any atom is -0.495 e. The van der Waals surface area contributed by atoms with E-state index in [1.165, 1.54) is 12.1 Å². The standard InChI is InChI=1S/C32H32FN7O3/c1-34-16-17-39(2)31(42)24-10-14-27(28(18-24)43-3)36-32-37-29-15-11-25(20-40(29)38-32)22-6-8-23(9-7-22)30(41)35-19-21-4-12-26(33)13-5-21/h4-15,18,20,34H,16-17,19H2,1-3H3,(H,35,41)(H,36,38). The minimum absolute atomic E-state index is 0.0999. The highest BCUT2D eigenvalue weighted by Gasteiger charge is 2.16. The smallest absolute Gasteiger partial charge is 0.253 e. The van der Waals surface area contributed by atoms with Crippen molar-refractivity contribution in [2.24, 2.45) is 0 Å². The zero-order valence-electron chi connectivity index (χ0n) is 24.1. The normalized spacial score (nSPS) is 10.9. The van der Waals surface area contributed by atoms with Crippen LogP contribution in [0, 0.1) is 5.82 Å². The van der Waals surface area contributed by atoms with Gasteiger partial charge < -0.3 is 25.6 Å². The number of methoxy groups -OCH3 is 1. The molecular formula is C32H32FN7O3. The molecule has 0 saturated carbocycles. The molecule has 0 unspecified atom stereocenters. The fourth-order valence-electron chi connectivity index (χ4n) is 4.46. The lowest BCUT2D eigenvalue weighted by Crippen LogP contribution is -2.32. The van der Waals surface area contributed by atoms with E-state index < -0.39 is 0 Å². The number of halogens is 1. The summed E-state index contributed by atoms with van der Waals surface area (Å²) in [6.45, 7) is 1.59. The molecule has 0 spiro atoms. The minimum atomic E-state index is -0.314. The highest BCUT2D eigenvalue weighted by atomic mass is 19.1. The van der Waals surface area contributed by atoms with Crippen LogP contribution in [-0.2, 0) is 6.54 Å². The largest absolute Gasteiger partial charge is 0.495 e. The highest BCUT2D eigenvalue weighted by molar-refractivity contribution is 5.95. The van der Waals surface area contributed by atoms with Gasteiger partial charge in [0.1, 0.15) is 11.6 Å². The SMILES string of the molecule is CNCCN(C)C(=O)c1ccc(Nc2nc3ccc(-c4ccc(C(=O)NCc5ccc(F)cc5)cc4)cn3n2)c(OC)c1. The first kappa shape index (κ1) is 29.2. The Morgan fingerprint density at radius 1 is 0.953 bits per heavy atom. The predicted molar refractivity (Wildman–Crippen MR) is 163 cm³/mol. The highest BCUT2D eigenvalue weighted by Crippen LogP contribution is 2.29. The van der Waals surface area contributed by atoms with Crippen LogP contribution in [0.5, 0.6) is 5.75 Å². The van der Waals surface area contributed by atoms with E-state index in [-0.39, 0.29) is 17.6 Å². The lowest BCUT2D eigenvalue weighted by molar-refractivity contribution is 0.0796. The number of benzene rings is 3. The molecular weight excluding hydrogens is 549 g/mol. The van der Waals surface area contributed by atoms with Gasteiger partial charge in [0.25, 0.3) is 11.8 Å². The van der Waals surface area contributed by atoms with E-state index in [2.05, 4.69) is 26.0 Å². The van der Waals surface area contributed by atoms with E-state index >= 15 is 0 Å². The topological polar surface area (TPSA) is 113 Å². The van der Waals surface area contributed by atoms with Gasteiger partial charge in [-0.15, -0.1) is 5.10 Å². The average molecular weight is 582 g/mol. The van der Waals surface area contributed by atoms with Crippen LogP contribution >= 0.6 is 0 Å². The van der Waals surface area contributed by atoms with Crippen LogP contribution in [-0.4, -0.2) is 65.6 Å². The first-order chi connectivity index (χ1) is 20.8. The maximum Gasteiger partial charge on any atom is 0.253 e. The molecule has 0 atom stereocenters. The number of aromatic nitrogens is 3. The van der Waals surface area contributed by atoms with Crippen molar-refractivity contribution in [2.45, 2.75) is 6.54 Å². The summed E-state index contributed by atoms with van der Waals surface area (Å²) >= 11 is 0.